The quantitative estimate of drug-likeness (QED) is 0.404. The largest absolute Gasteiger partial charge is 0.435 e. The molecular formula is C23H22FN7O2. The Morgan fingerprint density at radius 2 is 2.09 bits per heavy atom. The maximum Gasteiger partial charge on any atom is 0.263 e. The number of carbonyl (C=O) groups excluding carboxylic acids is 1. The summed E-state index contributed by atoms with van der Waals surface area (Å²) in [5.74, 6) is 0.520. The van der Waals surface area contributed by atoms with Crippen LogP contribution in [0.2, 0.25) is 0 Å². The number of aromatic amines is 2. The molecule has 6 rings (SSSR count). The van der Waals surface area contributed by atoms with Crippen LogP contribution in [-0.4, -0.2) is 49.0 Å². The number of likely N-dealkylation sites (tertiary alicyclic amines) is 1. The molecule has 0 bridgehead atoms. The Bertz CT molecular complexity index is 1370. The molecule has 2 aliphatic rings. The summed E-state index contributed by atoms with van der Waals surface area (Å²) in [4.78, 5) is 26.5. The number of amides is 1. The highest BCUT2D eigenvalue weighted by molar-refractivity contribution is 6.02. The Labute approximate surface area is 188 Å². The highest BCUT2D eigenvalue weighted by atomic mass is 19.1. The average Bonchev–Trinajstić information content (AvgIpc) is 3.38. The number of hydrogen-bond acceptors (Lipinski definition) is 6. The Morgan fingerprint density at radius 3 is 2.85 bits per heavy atom. The summed E-state index contributed by atoms with van der Waals surface area (Å²) in [6.07, 6.45) is 4.50. The van der Waals surface area contributed by atoms with Crippen LogP contribution in [-0.2, 0) is 0 Å². The van der Waals surface area contributed by atoms with Crippen molar-refractivity contribution in [3.63, 3.8) is 0 Å². The fourth-order valence-corrected chi connectivity index (χ4v) is 4.01. The molecule has 0 atom stereocenters. The standard InChI is InChI=1S/C23H22FN7O2/c1-12-9-14-15(27-12)5-6-17(20(14)24)33-22-19(23(32)31-7-2-8-31)21(25-11-26-22)28-18-10-16(29-30-18)13-3-4-13/h5-6,9-11,13,27H,2-4,7-8H2,1H3,(H2,25,26,28,29,30). The van der Waals surface area contributed by atoms with Crippen molar-refractivity contribution in [2.24, 2.45) is 0 Å². The van der Waals surface area contributed by atoms with Gasteiger partial charge in [-0.3, -0.25) is 9.89 Å². The van der Waals surface area contributed by atoms with E-state index in [0.717, 1.165) is 30.7 Å². The van der Waals surface area contributed by atoms with Crippen LogP contribution in [0.1, 0.15) is 46.9 Å². The zero-order valence-corrected chi connectivity index (χ0v) is 18.0. The summed E-state index contributed by atoms with van der Waals surface area (Å²) in [6.45, 7) is 3.14. The molecule has 4 aromatic rings. The summed E-state index contributed by atoms with van der Waals surface area (Å²) < 4.78 is 21.0. The van der Waals surface area contributed by atoms with Gasteiger partial charge in [-0.05, 0) is 44.4 Å². The zero-order valence-electron chi connectivity index (χ0n) is 18.0. The third-order valence-corrected chi connectivity index (χ3v) is 6.07. The number of H-pyrrole nitrogens is 2. The van der Waals surface area contributed by atoms with Gasteiger partial charge in [-0.25, -0.2) is 14.4 Å². The first-order chi connectivity index (χ1) is 16.1. The molecule has 3 aromatic heterocycles. The molecule has 1 amide bonds. The lowest BCUT2D eigenvalue weighted by Crippen LogP contribution is -2.42. The first-order valence-electron chi connectivity index (χ1n) is 11.0. The second kappa shape index (κ2) is 7.58. The van der Waals surface area contributed by atoms with Gasteiger partial charge in [-0.15, -0.1) is 0 Å². The highest BCUT2D eigenvalue weighted by Crippen LogP contribution is 2.40. The van der Waals surface area contributed by atoms with Gasteiger partial charge in [-0.1, -0.05) is 0 Å². The zero-order chi connectivity index (χ0) is 22.5. The fourth-order valence-electron chi connectivity index (χ4n) is 4.01. The maximum atomic E-state index is 15.2. The van der Waals surface area contributed by atoms with E-state index >= 15 is 4.39 Å². The normalized spacial score (nSPS) is 15.5. The van der Waals surface area contributed by atoms with Gasteiger partial charge < -0.3 is 19.9 Å². The molecule has 9 nitrogen and oxygen atoms in total. The number of hydrogen-bond donors (Lipinski definition) is 3. The van der Waals surface area contributed by atoms with Crippen molar-refractivity contribution in [2.45, 2.75) is 32.1 Å². The number of aromatic nitrogens is 5. The first kappa shape index (κ1) is 19.7. The molecule has 0 unspecified atom stereocenters. The molecule has 4 heterocycles. The number of nitrogens with one attached hydrogen (secondary N) is 3. The summed E-state index contributed by atoms with van der Waals surface area (Å²) in [5, 5.41) is 10.8. The minimum atomic E-state index is -0.520. The van der Waals surface area contributed by atoms with Crippen molar-refractivity contribution >= 4 is 28.4 Å². The van der Waals surface area contributed by atoms with Crippen molar-refractivity contribution in [1.82, 2.24) is 30.0 Å². The van der Waals surface area contributed by atoms with Gasteiger partial charge in [0, 0.05) is 47.4 Å². The number of benzene rings is 1. The smallest absolute Gasteiger partial charge is 0.263 e. The summed E-state index contributed by atoms with van der Waals surface area (Å²) in [5.41, 5.74) is 2.71. The SMILES string of the molecule is Cc1cc2c(F)c(Oc3ncnc(Nc4cc(C5CC5)[nH]n4)c3C(=O)N3CCC3)ccc2[nH]1. The third kappa shape index (κ3) is 3.57. The molecule has 0 spiro atoms. The molecule has 0 radical (unpaired) electrons. The van der Waals surface area contributed by atoms with Crippen molar-refractivity contribution in [3.8, 4) is 11.6 Å². The second-order valence-electron chi connectivity index (χ2n) is 8.55. The Kier molecular flexibility index (Phi) is 4.53. The van der Waals surface area contributed by atoms with Crippen molar-refractivity contribution in [1.29, 1.82) is 0 Å². The molecule has 2 fully saturated rings. The van der Waals surface area contributed by atoms with Gasteiger partial charge in [0.1, 0.15) is 11.9 Å². The predicted octanol–water partition coefficient (Wildman–Crippen LogP) is 4.39. The lowest BCUT2D eigenvalue weighted by atomic mass is 10.1. The monoisotopic (exact) mass is 447 g/mol. The van der Waals surface area contributed by atoms with Gasteiger partial charge in [0.15, 0.2) is 23.2 Å². The number of ether oxygens (including phenoxy) is 1. The molecule has 1 aliphatic carbocycles. The fraction of sp³-hybridized carbons (Fsp3) is 0.304. The van der Waals surface area contributed by atoms with E-state index in [2.05, 4.69) is 30.5 Å². The van der Waals surface area contributed by atoms with E-state index in [1.165, 1.54) is 12.4 Å². The molecule has 1 saturated carbocycles. The topological polar surface area (TPSA) is 112 Å². The van der Waals surface area contributed by atoms with Crippen molar-refractivity contribution < 1.29 is 13.9 Å². The molecule has 1 aromatic carbocycles. The van der Waals surface area contributed by atoms with Crippen LogP contribution in [0, 0.1) is 12.7 Å². The number of nitrogens with zero attached hydrogens (tertiary/aromatic N) is 4. The maximum absolute atomic E-state index is 15.2. The molecule has 3 N–H and O–H groups in total. The van der Waals surface area contributed by atoms with Gasteiger partial charge in [-0.2, -0.15) is 5.10 Å². The molecular weight excluding hydrogens is 425 g/mol. The van der Waals surface area contributed by atoms with Gasteiger partial charge in [0.2, 0.25) is 5.88 Å². The second-order valence-corrected chi connectivity index (χ2v) is 8.55. The molecule has 33 heavy (non-hydrogen) atoms. The van der Waals surface area contributed by atoms with Gasteiger partial charge >= 0.3 is 0 Å². The lowest BCUT2D eigenvalue weighted by Gasteiger charge is -2.31. The average molecular weight is 447 g/mol. The number of fused-ring (bicyclic) bond motifs is 1. The Hall–Kier alpha value is -3.95. The van der Waals surface area contributed by atoms with Gasteiger partial charge in [0.25, 0.3) is 5.91 Å². The Balaban J connectivity index is 1.38. The van der Waals surface area contributed by atoms with E-state index in [-0.39, 0.29) is 28.9 Å². The van der Waals surface area contributed by atoms with E-state index in [1.807, 2.05) is 13.0 Å². The summed E-state index contributed by atoms with van der Waals surface area (Å²) in [6, 6.07) is 6.89. The molecule has 1 saturated heterocycles. The van der Waals surface area contributed by atoms with Crippen molar-refractivity contribution in [2.75, 3.05) is 18.4 Å². The van der Waals surface area contributed by atoms with Crippen LogP contribution >= 0.6 is 0 Å². The van der Waals surface area contributed by atoms with Crippen LogP contribution < -0.4 is 10.1 Å². The van der Waals surface area contributed by atoms with E-state index < -0.39 is 5.82 Å². The summed E-state index contributed by atoms with van der Waals surface area (Å²) in [7, 11) is 0. The van der Waals surface area contributed by atoms with Gasteiger partial charge in [0.05, 0.1) is 0 Å². The highest BCUT2D eigenvalue weighted by Gasteiger charge is 2.30. The number of carbonyl (C=O) groups is 1. The molecule has 10 heteroatoms. The summed E-state index contributed by atoms with van der Waals surface area (Å²) >= 11 is 0. The molecule has 1 aliphatic heterocycles. The number of halogens is 1. The first-order valence-corrected chi connectivity index (χ1v) is 11.0. The van der Waals surface area contributed by atoms with Crippen LogP contribution in [0.15, 0.2) is 30.6 Å². The number of aryl methyl sites for hydroxylation is 1. The molecule has 168 valence electrons. The predicted molar refractivity (Wildman–Crippen MR) is 119 cm³/mol. The van der Waals surface area contributed by atoms with Crippen LogP contribution in [0.3, 0.4) is 0 Å². The van der Waals surface area contributed by atoms with E-state index in [1.54, 1.807) is 17.0 Å². The number of rotatable bonds is 6. The minimum Gasteiger partial charge on any atom is -0.435 e. The number of anilines is 2. The van der Waals surface area contributed by atoms with Crippen LogP contribution in [0.25, 0.3) is 10.9 Å². The van der Waals surface area contributed by atoms with Crippen LogP contribution in [0.5, 0.6) is 11.6 Å². The minimum absolute atomic E-state index is 0.00661. The van der Waals surface area contributed by atoms with Crippen LogP contribution in [0.4, 0.5) is 16.0 Å². The van der Waals surface area contributed by atoms with E-state index in [4.69, 9.17) is 4.74 Å². The lowest BCUT2D eigenvalue weighted by molar-refractivity contribution is 0.0649. The van der Waals surface area contributed by atoms with E-state index in [0.29, 0.717) is 35.7 Å². The Morgan fingerprint density at radius 1 is 1.24 bits per heavy atom. The van der Waals surface area contributed by atoms with E-state index in [9.17, 15) is 4.79 Å². The third-order valence-electron chi connectivity index (χ3n) is 6.07. The van der Waals surface area contributed by atoms with Crippen molar-refractivity contribution in [3.05, 3.63) is 53.4 Å².